The molecule has 0 aromatic carbocycles. The third-order valence-electron chi connectivity index (χ3n) is 1.78. The molecule has 0 nitrogen and oxygen atoms in total. The maximum Gasteiger partial charge on any atom is 0.0103 e. The van der Waals surface area contributed by atoms with Gasteiger partial charge in [0.25, 0.3) is 0 Å². The smallest absolute Gasteiger partial charge is 0.0103 e. The van der Waals surface area contributed by atoms with Crippen molar-refractivity contribution < 1.29 is 0 Å². The number of hydrogen-bond acceptors (Lipinski definition) is 0. The molecule has 0 aliphatic carbocycles. The van der Waals surface area contributed by atoms with E-state index in [4.69, 9.17) is 0 Å². The Labute approximate surface area is 95.5 Å². The van der Waals surface area contributed by atoms with Gasteiger partial charge in [-0.05, 0) is 38.0 Å². The molecule has 0 aromatic heterocycles. The summed E-state index contributed by atoms with van der Waals surface area (Å²) in [5, 5.41) is 0. The first-order chi connectivity index (χ1) is 6.57. The molecule has 0 N–H and O–H groups in total. The minimum absolute atomic E-state index is 0.886. The maximum absolute atomic E-state index is 3.72. The summed E-state index contributed by atoms with van der Waals surface area (Å²) in [5.41, 5.74) is 2.53. The van der Waals surface area contributed by atoms with Gasteiger partial charge < -0.3 is 0 Å². The standard InChI is InChI=1S/C13H17Br/c1-5-6-8-11(2)12(3)9-7-10-13(4)14/h5-10H,4H2,1-3H3/b6-5-,10-7-,11-8-,12-9+. The van der Waals surface area contributed by atoms with Gasteiger partial charge in [0.1, 0.15) is 0 Å². The van der Waals surface area contributed by atoms with E-state index in [2.05, 4.69) is 48.5 Å². The van der Waals surface area contributed by atoms with Crippen LogP contribution in [0.25, 0.3) is 0 Å². The predicted molar refractivity (Wildman–Crippen MR) is 69.5 cm³/mol. The van der Waals surface area contributed by atoms with Crippen molar-refractivity contribution in [2.24, 2.45) is 0 Å². The molecule has 0 saturated heterocycles. The van der Waals surface area contributed by atoms with Crippen LogP contribution in [-0.4, -0.2) is 0 Å². The van der Waals surface area contributed by atoms with Crippen molar-refractivity contribution in [2.75, 3.05) is 0 Å². The third-order valence-corrected chi connectivity index (χ3v) is 2.05. The van der Waals surface area contributed by atoms with Gasteiger partial charge in [-0.2, -0.15) is 0 Å². The van der Waals surface area contributed by atoms with E-state index in [9.17, 15) is 0 Å². The van der Waals surface area contributed by atoms with Crippen molar-refractivity contribution in [2.45, 2.75) is 20.8 Å². The first kappa shape index (κ1) is 13.2. The van der Waals surface area contributed by atoms with E-state index in [1.165, 1.54) is 11.1 Å². The lowest BCUT2D eigenvalue weighted by Gasteiger charge is -1.97. The van der Waals surface area contributed by atoms with E-state index in [1.54, 1.807) is 0 Å². The van der Waals surface area contributed by atoms with E-state index in [0.29, 0.717) is 0 Å². The molecule has 0 spiro atoms. The minimum Gasteiger partial charge on any atom is -0.0877 e. The van der Waals surface area contributed by atoms with Crippen molar-refractivity contribution in [3.8, 4) is 0 Å². The summed E-state index contributed by atoms with van der Waals surface area (Å²) >= 11 is 3.27. The summed E-state index contributed by atoms with van der Waals surface area (Å²) in [6.07, 6.45) is 12.1. The molecule has 0 unspecified atom stereocenters. The highest BCUT2D eigenvalue weighted by molar-refractivity contribution is 9.11. The van der Waals surface area contributed by atoms with Crippen molar-refractivity contribution in [1.29, 1.82) is 0 Å². The summed E-state index contributed by atoms with van der Waals surface area (Å²) in [4.78, 5) is 0. The molecule has 0 radical (unpaired) electrons. The molecule has 0 rings (SSSR count). The molecule has 0 atom stereocenters. The maximum atomic E-state index is 3.72. The van der Waals surface area contributed by atoms with Crippen LogP contribution in [0.5, 0.6) is 0 Å². The molecule has 0 bridgehead atoms. The van der Waals surface area contributed by atoms with Crippen molar-refractivity contribution in [3.63, 3.8) is 0 Å². The van der Waals surface area contributed by atoms with Gasteiger partial charge in [0.2, 0.25) is 0 Å². The summed E-state index contributed by atoms with van der Waals surface area (Å²) < 4.78 is 0.886. The molecule has 0 saturated carbocycles. The number of hydrogen-bond donors (Lipinski definition) is 0. The fraction of sp³-hybridized carbons (Fsp3) is 0.231. The van der Waals surface area contributed by atoms with E-state index < -0.39 is 0 Å². The molecular formula is C13H17Br. The van der Waals surface area contributed by atoms with Crippen LogP contribution in [0.3, 0.4) is 0 Å². The zero-order valence-corrected chi connectivity index (χ0v) is 10.6. The highest BCUT2D eigenvalue weighted by Gasteiger charge is 1.88. The number of rotatable bonds is 4. The molecule has 0 heterocycles. The largest absolute Gasteiger partial charge is 0.0877 e. The lowest BCUT2D eigenvalue weighted by molar-refractivity contribution is 1.34. The van der Waals surface area contributed by atoms with Crippen molar-refractivity contribution in [3.05, 3.63) is 58.7 Å². The molecule has 0 aliphatic rings. The van der Waals surface area contributed by atoms with Gasteiger partial charge in [-0.3, -0.25) is 0 Å². The number of allylic oxidation sites excluding steroid dienone is 9. The van der Waals surface area contributed by atoms with Gasteiger partial charge in [-0.1, -0.05) is 52.9 Å². The van der Waals surface area contributed by atoms with Gasteiger partial charge in [0.15, 0.2) is 0 Å². The quantitative estimate of drug-likeness (QED) is 0.624. The van der Waals surface area contributed by atoms with E-state index in [1.807, 2.05) is 31.2 Å². The molecule has 1 heteroatoms. The topological polar surface area (TPSA) is 0 Å². The number of halogens is 1. The van der Waals surface area contributed by atoms with E-state index >= 15 is 0 Å². The molecular weight excluding hydrogens is 236 g/mol. The Morgan fingerprint density at radius 3 is 2.00 bits per heavy atom. The SMILES string of the molecule is C=C(Br)\C=C/C=C(C)/C(C)=C\C=C/C. The third kappa shape index (κ3) is 6.67. The Morgan fingerprint density at radius 1 is 1.07 bits per heavy atom. The van der Waals surface area contributed by atoms with E-state index in [0.717, 1.165) is 4.48 Å². The van der Waals surface area contributed by atoms with Crippen LogP contribution in [0.2, 0.25) is 0 Å². The van der Waals surface area contributed by atoms with E-state index in [-0.39, 0.29) is 0 Å². The fourth-order valence-electron chi connectivity index (χ4n) is 0.800. The highest BCUT2D eigenvalue weighted by atomic mass is 79.9. The molecule has 0 fully saturated rings. The Bertz CT molecular complexity index is 301. The van der Waals surface area contributed by atoms with Gasteiger partial charge in [0, 0.05) is 4.48 Å². The summed E-state index contributed by atoms with van der Waals surface area (Å²) in [5.74, 6) is 0. The second-order valence-electron chi connectivity index (χ2n) is 3.03. The van der Waals surface area contributed by atoms with Gasteiger partial charge in [0.05, 0.1) is 0 Å². The molecule has 14 heavy (non-hydrogen) atoms. The lowest BCUT2D eigenvalue weighted by Crippen LogP contribution is -1.76. The first-order valence-electron chi connectivity index (χ1n) is 4.57. The van der Waals surface area contributed by atoms with Crippen LogP contribution >= 0.6 is 15.9 Å². The second-order valence-corrected chi connectivity index (χ2v) is 4.05. The van der Waals surface area contributed by atoms with Gasteiger partial charge >= 0.3 is 0 Å². The fourth-order valence-corrected chi connectivity index (χ4v) is 0.953. The van der Waals surface area contributed by atoms with Gasteiger partial charge in [-0.25, -0.2) is 0 Å². The normalized spacial score (nSPS) is 14.3. The molecule has 0 aliphatic heterocycles. The monoisotopic (exact) mass is 252 g/mol. The average molecular weight is 253 g/mol. The average Bonchev–Trinajstić information content (AvgIpc) is 2.13. The van der Waals surface area contributed by atoms with Gasteiger partial charge in [-0.15, -0.1) is 0 Å². The summed E-state index contributed by atoms with van der Waals surface area (Å²) in [6, 6.07) is 0. The Morgan fingerprint density at radius 2 is 1.57 bits per heavy atom. The van der Waals surface area contributed by atoms with Crippen LogP contribution in [0.1, 0.15) is 20.8 Å². The second kappa shape index (κ2) is 7.57. The molecule has 0 aromatic rings. The van der Waals surface area contributed by atoms with Crippen LogP contribution < -0.4 is 0 Å². The summed E-state index contributed by atoms with van der Waals surface area (Å²) in [7, 11) is 0. The minimum atomic E-state index is 0.886. The molecule has 0 amide bonds. The predicted octanol–water partition coefficient (Wildman–Crippen LogP) is 4.92. The Hall–Kier alpha value is -0.820. The molecule has 76 valence electrons. The Kier molecular flexibility index (Phi) is 7.13. The van der Waals surface area contributed by atoms with Crippen molar-refractivity contribution >= 4 is 15.9 Å². The van der Waals surface area contributed by atoms with Crippen molar-refractivity contribution in [1.82, 2.24) is 0 Å². The first-order valence-corrected chi connectivity index (χ1v) is 5.36. The zero-order valence-electron chi connectivity index (χ0n) is 9.05. The Balaban J connectivity index is 4.45. The van der Waals surface area contributed by atoms with Crippen LogP contribution in [0, 0.1) is 0 Å². The summed E-state index contributed by atoms with van der Waals surface area (Å²) in [6.45, 7) is 9.93. The van der Waals surface area contributed by atoms with Crippen LogP contribution in [0.4, 0.5) is 0 Å². The van der Waals surface area contributed by atoms with Crippen LogP contribution in [-0.2, 0) is 0 Å². The van der Waals surface area contributed by atoms with Crippen LogP contribution in [0.15, 0.2) is 58.7 Å². The lowest BCUT2D eigenvalue weighted by atomic mass is 10.1. The zero-order chi connectivity index (χ0) is 11.0. The highest BCUT2D eigenvalue weighted by Crippen LogP contribution is 2.09.